The van der Waals surface area contributed by atoms with Crippen LogP contribution in [0.4, 0.5) is 5.69 Å². The van der Waals surface area contributed by atoms with Crippen molar-refractivity contribution in [2.24, 2.45) is 11.8 Å². The lowest BCUT2D eigenvalue weighted by Gasteiger charge is -2.44. The van der Waals surface area contributed by atoms with E-state index in [1.165, 1.54) is 4.90 Å². The second-order valence-electron chi connectivity index (χ2n) is 15.8. The first-order valence-electron chi connectivity index (χ1n) is 19.9. The van der Waals surface area contributed by atoms with Gasteiger partial charge in [0.2, 0.25) is 15.9 Å². The Hall–Kier alpha value is -3.20. The van der Waals surface area contributed by atoms with Gasteiger partial charge in [-0.1, -0.05) is 35.9 Å². The van der Waals surface area contributed by atoms with Gasteiger partial charge in [0.15, 0.2) is 5.60 Å². The molecule has 0 aromatic heterocycles. The summed E-state index contributed by atoms with van der Waals surface area (Å²) in [6.45, 7) is 6.75. The number of halogens is 1. The second-order valence-corrected chi connectivity index (χ2v) is 18.2. The fourth-order valence-corrected chi connectivity index (χ4v) is 9.71. The number of fused-ring (bicyclic) bond motifs is 3. The third-order valence-corrected chi connectivity index (χ3v) is 14.0. The van der Waals surface area contributed by atoms with Crippen LogP contribution in [0, 0.1) is 11.8 Å². The molecule has 300 valence electrons. The monoisotopic (exact) mass is 798 g/mol. The van der Waals surface area contributed by atoms with Gasteiger partial charge in [0, 0.05) is 51.3 Å². The molecule has 4 atom stereocenters. The van der Waals surface area contributed by atoms with Crippen LogP contribution >= 0.6 is 11.6 Å². The number of nitrogens with one attached hydrogen (secondary N) is 1. The zero-order chi connectivity index (χ0) is 38.6. The Morgan fingerprint density at radius 1 is 1.04 bits per heavy atom. The van der Waals surface area contributed by atoms with Crippen LogP contribution in [0.3, 0.4) is 0 Å². The van der Waals surface area contributed by atoms with Crippen LogP contribution in [-0.4, -0.2) is 113 Å². The highest BCUT2D eigenvalue weighted by atomic mass is 35.5. The van der Waals surface area contributed by atoms with E-state index < -0.39 is 39.1 Å². The van der Waals surface area contributed by atoms with Gasteiger partial charge in [-0.15, -0.1) is 0 Å². The maximum atomic E-state index is 14.0. The van der Waals surface area contributed by atoms with Crippen LogP contribution in [0.2, 0.25) is 5.02 Å². The van der Waals surface area contributed by atoms with E-state index in [4.69, 9.17) is 25.8 Å². The summed E-state index contributed by atoms with van der Waals surface area (Å²) in [5, 5.41) is 12.3. The average Bonchev–Trinajstić information content (AvgIpc) is 4.02. The lowest BCUT2D eigenvalue weighted by atomic mass is 9.70. The molecule has 2 aromatic rings. The molecule has 2 N–H and O–H groups in total. The van der Waals surface area contributed by atoms with Crippen molar-refractivity contribution < 1.29 is 37.3 Å². The molecule has 2 bridgehead atoms. The average molecular weight is 799 g/mol. The molecule has 12 nitrogen and oxygen atoms in total. The molecule has 5 aliphatic rings. The number of rotatable bonds is 7. The summed E-state index contributed by atoms with van der Waals surface area (Å²) in [4.78, 5) is 33.9. The van der Waals surface area contributed by atoms with Gasteiger partial charge in [-0.2, -0.15) is 0 Å². The minimum atomic E-state index is -4.02. The van der Waals surface area contributed by atoms with Crippen molar-refractivity contribution in [1.82, 2.24) is 14.5 Å². The fraction of sp³-hybridized carbons (Fsp3) is 0.610. The number of carbonyl (C=O) groups excluding carboxylic acids is 2. The Bertz CT molecular complexity index is 1830. The number of morpholine rings is 1. The molecule has 0 radical (unpaired) electrons. The number of sulfonamides is 1. The second kappa shape index (κ2) is 17.5. The Balaban J connectivity index is 1.24. The number of hydrogen-bond donors (Lipinski definition) is 2. The zero-order valence-electron chi connectivity index (χ0n) is 31.8. The molecule has 1 saturated heterocycles. The maximum Gasteiger partial charge on any atom is 0.270 e. The highest BCUT2D eigenvalue weighted by Gasteiger charge is 2.46. The van der Waals surface area contributed by atoms with Gasteiger partial charge in [-0.25, -0.2) is 8.42 Å². The van der Waals surface area contributed by atoms with Crippen molar-refractivity contribution in [1.29, 1.82) is 0 Å². The largest absolute Gasteiger partial charge is 0.487 e. The number of aliphatic hydroxyl groups is 1. The SMILES string of the molecule is CN1CC/C=C/[C@H](OCCN2CCOCC2)[C@@H]2CC[C@H]2CN2CCCCc3cc(Cl)ccc3COc3ccc(cc32)[C@@](O)(C(=O)NS(=O)(=O)C2CC2)CC1=O. The normalized spacial score (nSPS) is 27.8. The predicted octanol–water partition coefficient (Wildman–Crippen LogP) is 4.41. The fourth-order valence-electron chi connectivity index (χ4n) is 8.16. The first-order valence-corrected chi connectivity index (χ1v) is 21.8. The van der Waals surface area contributed by atoms with Crippen LogP contribution in [0.15, 0.2) is 48.6 Å². The van der Waals surface area contributed by atoms with E-state index in [2.05, 4.69) is 26.7 Å². The van der Waals surface area contributed by atoms with Crippen molar-refractivity contribution in [2.75, 3.05) is 71.0 Å². The number of aryl methyl sites for hydroxylation is 1. The Kier molecular flexibility index (Phi) is 12.7. The van der Waals surface area contributed by atoms with Gasteiger partial charge in [0.25, 0.3) is 5.91 Å². The molecule has 55 heavy (non-hydrogen) atoms. The van der Waals surface area contributed by atoms with Crippen molar-refractivity contribution >= 4 is 39.1 Å². The van der Waals surface area contributed by atoms with E-state index >= 15 is 0 Å². The smallest absolute Gasteiger partial charge is 0.270 e. The van der Waals surface area contributed by atoms with Gasteiger partial charge >= 0.3 is 0 Å². The molecular weight excluding hydrogens is 744 g/mol. The standard InChI is InChI=1S/C41H55ClN4O8S/c1-44-16-4-3-7-37(53-23-20-45-18-21-52-22-19-45)35-14-9-30(35)27-46-17-5-2-6-29-24-33(42)11-8-31(29)28-54-38-15-10-32(25-36(38)46)41(49,26-39(44)47)40(48)43-55(50,51)34-12-13-34/h3,7-8,10-11,15,24-25,30,34-35,37,49H,2,4-6,9,12-14,16-23,26-28H2,1H3,(H,43,48)/b7-3+/t30-,35+,37-,41+/m0/s1. The molecule has 0 unspecified atom stereocenters. The number of benzene rings is 2. The molecule has 2 aromatic carbocycles. The van der Waals surface area contributed by atoms with Crippen molar-refractivity contribution in [3.05, 3.63) is 70.3 Å². The number of nitrogens with zero attached hydrogens (tertiary/aromatic N) is 3. The first kappa shape index (κ1) is 40.0. The van der Waals surface area contributed by atoms with E-state index in [9.17, 15) is 23.1 Å². The lowest BCUT2D eigenvalue weighted by Crippen LogP contribution is -2.50. The molecule has 0 spiro atoms. The minimum Gasteiger partial charge on any atom is -0.487 e. The molecule has 3 heterocycles. The van der Waals surface area contributed by atoms with Crippen LogP contribution in [0.5, 0.6) is 5.75 Å². The quantitative estimate of drug-likeness (QED) is 0.388. The van der Waals surface area contributed by atoms with Crippen molar-refractivity contribution in [2.45, 2.75) is 81.3 Å². The van der Waals surface area contributed by atoms with Gasteiger partial charge in [-0.05, 0) is 104 Å². The third kappa shape index (κ3) is 9.68. The molecule has 2 saturated carbocycles. The molecule has 3 fully saturated rings. The van der Waals surface area contributed by atoms with Crippen LogP contribution in [0.1, 0.15) is 68.1 Å². The third-order valence-electron chi connectivity index (χ3n) is 12.0. The zero-order valence-corrected chi connectivity index (χ0v) is 33.4. The Morgan fingerprint density at radius 3 is 2.62 bits per heavy atom. The van der Waals surface area contributed by atoms with E-state index in [-0.39, 0.29) is 24.2 Å². The number of hydrogen-bond acceptors (Lipinski definition) is 10. The summed E-state index contributed by atoms with van der Waals surface area (Å²) in [6.07, 6.45) is 9.61. The highest BCUT2D eigenvalue weighted by molar-refractivity contribution is 7.90. The van der Waals surface area contributed by atoms with E-state index in [0.29, 0.717) is 67.9 Å². The number of ether oxygens (including phenoxy) is 3. The Morgan fingerprint density at radius 2 is 1.85 bits per heavy atom. The molecular formula is C41H55ClN4O8S. The van der Waals surface area contributed by atoms with E-state index in [1.54, 1.807) is 25.2 Å². The van der Waals surface area contributed by atoms with E-state index in [1.807, 2.05) is 18.2 Å². The highest BCUT2D eigenvalue weighted by Crippen LogP contribution is 2.43. The number of amides is 2. The van der Waals surface area contributed by atoms with Crippen molar-refractivity contribution in [3.8, 4) is 5.75 Å². The van der Waals surface area contributed by atoms with Crippen LogP contribution < -0.4 is 14.4 Å². The number of anilines is 1. The summed E-state index contributed by atoms with van der Waals surface area (Å²) >= 11 is 6.41. The first-order chi connectivity index (χ1) is 26.5. The van der Waals surface area contributed by atoms with Gasteiger partial charge in [0.1, 0.15) is 12.4 Å². The van der Waals surface area contributed by atoms with Crippen LogP contribution in [-0.2, 0) is 47.7 Å². The summed E-state index contributed by atoms with van der Waals surface area (Å²) in [6, 6.07) is 10.9. The molecule has 3 aliphatic heterocycles. The summed E-state index contributed by atoms with van der Waals surface area (Å²) in [5.41, 5.74) is 0.520. The molecule has 14 heteroatoms. The Labute approximate surface area is 330 Å². The number of carbonyl (C=O) groups is 2. The van der Waals surface area contributed by atoms with Gasteiger partial charge < -0.3 is 29.1 Å². The van der Waals surface area contributed by atoms with Crippen LogP contribution in [0.25, 0.3) is 0 Å². The van der Waals surface area contributed by atoms with E-state index in [0.717, 1.165) is 76.1 Å². The summed E-state index contributed by atoms with van der Waals surface area (Å²) in [5.74, 6) is -0.467. The van der Waals surface area contributed by atoms with Gasteiger partial charge in [-0.3, -0.25) is 19.2 Å². The molecule has 7 rings (SSSR count). The summed E-state index contributed by atoms with van der Waals surface area (Å²) in [7, 11) is -2.39. The summed E-state index contributed by atoms with van der Waals surface area (Å²) < 4.78 is 46.9. The lowest BCUT2D eigenvalue weighted by molar-refractivity contribution is -0.148. The molecule has 2 amide bonds. The maximum absolute atomic E-state index is 14.0. The topological polar surface area (TPSA) is 138 Å². The van der Waals surface area contributed by atoms with Gasteiger partial charge in [0.05, 0.1) is 43.3 Å². The van der Waals surface area contributed by atoms with Crippen molar-refractivity contribution in [3.63, 3.8) is 0 Å². The predicted molar refractivity (Wildman–Crippen MR) is 211 cm³/mol. The minimum absolute atomic E-state index is 0.0823. The molecule has 2 aliphatic carbocycles.